The van der Waals surface area contributed by atoms with Crippen LogP contribution in [0.5, 0.6) is 5.75 Å². The second kappa shape index (κ2) is 10.9. The van der Waals surface area contributed by atoms with E-state index in [4.69, 9.17) is 17.3 Å². The summed E-state index contributed by atoms with van der Waals surface area (Å²) in [5.41, 5.74) is 9.65. The molecule has 208 valence electrons. The molecule has 5 rings (SSSR count). The lowest BCUT2D eigenvalue weighted by Gasteiger charge is -2.38. The van der Waals surface area contributed by atoms with Crippen LogP contribution < -0.4 is 10.5 Å². The van der Waals surface area contributed by atoms with E-state index in [1.165, 1.54) is 24.3 Å². The number of hydrogen-bond acceptors (Lipinski definition) is 5. The summed E-state index contributed by atoms with van der Waals surface area (Å²) in [6.07, 6.45) is 1.98. The minimum absolute atomic E-state index is 0.0426. The molecule has 40 heavy (non-hydrogen) atoms. The van der Waals surface area contributed by atoms with Gasteiger partial charge in [-0.1, -0.05) is 23.7 Å². The Morgan fingerprint density at radius 2 is 1.95 bits per heavy atom. The molecule has 0 spiro atoms. The van der Waals surface area contributed by atoms with Crippen molar-refractivity contribution >= 4 is 23.4 Å². The molecule has 0 aliphatic carbocycles. The van der Waals surface area contributed by atoms with Crippen LogP contribution in [-0.4, -0.2) is 51.9 Å². The molecule has 0 saturated carbocycles. The zero-order valence-corrected chi connectivity index (χ0v) is 22.7. The van der Waals surface area contributed by atoms with E-state index in [-0.39, 0.29) is 52.7 Å². The minimum atomic E-state index is -2.92. The van der Waals surface area contributed by atoms with Gasteiger partial charge in [0.05, 0.1) is 34.4 Å². The smallest absolute Gasteiger partial charge is 0.387 e. The van der Waals surface area contributed by atoms with Crippen LogP contribution in [0.2, 0.25) is 5.02 Å². The molecule has 2 unspecified atom stereocenters. The van der Waals surface area contributed by atoms with E-state index in [1.807, 2.05) is 30.7 Å². The Morgan fingerprint density at radius 1 is 1.23 bits per heavy atom. The summed E-state index contributed by atoms with van der Waals surface area (Å²) in [7, 11) is 0. The number of fused-ring (bicyclic) bond motifs is 3. The molecule has 2 amide bonds. The summed E-state index contributed by atoms with van der Waals surface area (Å²) >= 11 is 6.06. The standard InChI is InChI=1S/C29H28ClF2N5O3/c1-16-12-35-14-23-21(11-34)13-37(17(2)18-3-6-22(7-4-18)40-29(31)32)28(39)26(23)25(35)15-36(16)27(38)19-5-8-24(30)20(9-19)10-33/h3-9,14,16-17,21,29H,11-13,15,34H2,1-2H3/t16-,17?,21?/m1/s1. The molecule has 11 heteroatoms. The minimum Gasteiger partial charge on any atom is -0.435 e. The summed E-state index contributed by atoms with van der Waals surface area (Å²) in [5, 5.41) is 9.62. The Bertz CT molecular complexity index is 1500. The average molecular weight is 568 g/mol. The predicted molar refractivity (Wildman–Crippen MR) is 144 cm³/mol. The number of alkyl halides is 2. The Hall–Kier alpha value is -3.94. The highest BCUT2D eigenvalue weighted by Crippen LogP contribution is 2.38. The maximum absolute atomic E-state index is 14.0. The number of nitrogens with two attached hydrogens (primary N) is 1. The Kier molecular flexibility index (Phi) is 7.53. The lowest BCUT2D eigenvalue weighted by Crippen LogP contribution is -2.46. The van der Waals surface area contributed by atoms with E-state index in [0.29, 0.717) is 30.8 Å². The van der Waals surface area contributed by atoms with E-state index in [9.17, 15) is 23.6 Å². The van der Waals surface area contributed by atoms with Gasteiger partial charge in [0.25, 0.3) is 11.8 Å². The number of amides is 2. The maximum atomic E-state index is 14.0. The number of ether oxygens (including phenoxy) is 1. The first-order valence-electron chi connectivity index (χ1n) is 12.9. The molecule has 3 atom stereocenters. The van der Waals surface area contributed by atoms with Crippen LogP contribution in [0.1, 0.15) is 68.9 Å². The molecular weight excluding hydrogens is 540 g/mol. The Balaban J connectivity index is 1.46. The van der Waals surface area contributed by atoms with Crippen molar-refractivity contribution in [3.8, 4) is 11.8 Å². The van der Waals surface area contributed by atoms with Gasteiger partial charge in [-0.05, 0) is 55.3 Å². The zero-order chi connectivity index (χ0) is 28.7. The first kappa shape index (κ1) is 27.6. The lowest BCUT2D eigenvalue weighted by molar-refractivity contribution is -0.0498. The second-order valence-corrected chi connectivity index (χ2v) is 10.6. The van der Waals surface area contributed by atoms with E-state index in [0.717, 1.165) is 16.8 Å². The van der Waals surface area contributed by atoms with Gasteiger partial charge in [-0.15, -0.1) is 0 Å². The fraction of sp³-hybridized carbons (Fsp3) is 0.345. The van der Waals surface area contributed by atoms with Crippen molar-refractivity contribution in [2.75, 3.05) is 13.1 Å². The molecule has 0 fully saturated rings. The molecule has 3 heterocycles. The predicted octanol–water partition coefficient (Wildman–Crippen LogP) is 4.92. The summed E-state index contributed by atoms with van der Waals surface area (Å²) < 4.78 is 31.6. The first-order chi connectivity index (χ1) is 19.1. The number of carbonyl (C=O) groups is 2. The number of aromatic nitrogens is 1. The topological polar surface area (TPSA) is 105 Å². The number of hydrogen-bond donors (Lipinski definition) is 1. The summed E-state index contributed by atoms with van der Waals surface area (Å²) in [4.78, 5) is 31.0. The molecule has 8 nitrogen and oxygen atoms in total. The van der Waals surface area contributed by atoms with E-state index < -0.39 is 6.61 Å². The van der Waals surface area contributed by atoms with Gasteiger partial charge in [0.2, 0.25) is 0 Å². The van der Waals surface area contributed by atoms with Gasteiger partial charge in [-0.25, -0.2) is 0 Å². The van der Waals surface area contributed by atoms with Crippen LogP contribution in [0.15, 0.2) is 48.7 Å². The van der Waals surface area contributed by atoms with Crippen LogP contribution in [0, 0.1) is 11.3 Å². The number of nitrogens with zero attached hydrogens (tertiary/aromatic N) is 4. The number of rotatable bonds is 6. The van der Waals surface area contributed by atoms with Gasteiger partial charge >= 0.3 is 6.61 Å². The van der Waals surface area contributed by atoms with Crippen LogP contribution >= 0.6 is 11.6 Å². The quantitative estimate of drug-likeness (QED) is 0.455. The molecule has 2 aliphatic rings. The molecule has 2 N–H and O–H groups in total. The van der Waals surface area contributed by atoms with Crippen LogP contribution in [-0.2, 0) is 13.1 Å². The third-order valence-electron chi connectivity index (χ3n) is 7.80. The van der Waals surface area contributed by atoms with Crippen LogP contribution in [0.3, 0.4) is 0 Å². The Morgan fingerprint density at radius 3 is 2.60 bits per heavy atom. The van der Waals surface area contributed by atoms with Crippen LogP contribution in [0.25, 0.3) is 0 Å². The third kappa shape index (κ3) is 4.91. The number of benzene rings is 2. The largest absolute Gasteiger partial charge is 0.435 e. The highest BCUT2D eigenvalue weighted by Gasteiger charge is 2.40. The van der Waals surface area contributed by atoms with Gasteiger partial charge in [-0.3, -0.25) is 9.59 Å². The van der Waals surface area contributed by atoms with Crippen molar-refractivity contribution < 1.29 is 23.1 Å². The molecule has 0 bridgehead atoms. The van der Waals surface area contributed by atoms with Gasteiger partial charge < -0.3 is 24.8 Å². The zero-order valence-electron chi connectivity index (χ0n) is 22.0. The molecule has 2 aliphatic heterocycles. The van der Waals surface area contributed by atoms with Crippen molar-refractivity contribution in [1.29, 1.82) is 5.26 Å². The first-order valence-corrected chi connectivity index (χ1v) is 13.3. The molecular formula is C29H28ClF2N5O3. The third-order valence-corrected chi connectivity index (χ3v) is 8.13. The van der Waals surface area contributed by atoms with Gasteiger partial charge in [0, 0.05) is 43.4 Å². The molecule has 3 aromatic rings. The van der Waals surface area contributed by atoms with E-state index >= 15 is 0 Å². The lowest BCUT2D eigenvalue weighted by atomic mass is 9.89. The summed E-state index contributed by atoms with van der Waals surface area (Å²) in [6.45, 7) is 2.35. The summed E-state index contributed by atoms with van der Waals surface area (Å²) in [5.74, 6) is -0.490. The van der Waals surface area contributed by atoms with Gasteiger partial charge in [-0.2, -0.15) is 14.0 Å². The molecule has 2 aromatic carbocycles. The van der Waals surface area contributed by atoms with E-state index in [2.05, 4.69) is 4.74 Å². The second-order valence-electron chi connectivity index (χ2n) is 10.2. The summed E-state index contributed by atoms with van der Waals surface area (Å²) in [6, 6.07) is 12.3. The van der Waals surface area contributed by atoms with Crippen molar-refractivity contribution in [3.05, 3.63) is 87.2 Å². The average Bonchev–Trinajstić information content (AvgIpc) is 3.31. The Labute approximate surface area is 235 Å². The monoisotopic (exact) mass is 567 g/mol. The van der Waals surface area contributed by atoms with Gasteiger partial charge in [0.15, 0.2) is 0 Å². The van der Waals surface area contributed by atoms with Gasteiger partial charge in [0.1, 0.15) is 11.8 Å². The number of nitriles is 1. The molecule has 1 aromatic heterocycles. The maximum Gasteiger partial charge on any atom is 0.387 e. The number of halogens is 3. The van der Waals surface area contributed by atoms with Crippen molar-refractivity contribution in [2.24, 2.45) is 5.73 Å². The van der Waals surface area contributed by atoms with Crippen molar-refractivity contribution in [1.82, 2.24) is 14.4 Å². The SMILES string of the molecule is CC(c1ccc(OC(F)F)cc1)N1CC(CN)c2cn3c(c2C1=O)CN(C(=O)c1ccc(Cl)c(C#N)c1)[C@H](C)C3. The normalized spacial score (nSPS) is 19.2. The fourth-order valence-electron chi connectivity index (χ4n) is 5.60. The van der Waals surface area contributed by atoms with Crippen LogP contribution in [0.4, 0.5) is 8.78 Å². The highest BCUT2D eigenvalue weighted by atomic mass is 35.5. The fourth-order valence-corrected chi connectivity index (χ4v) is 5.76. The van der Waals surface area contributed by atoms with E-state index in [1.54, 1.807) is 28.0 Å². The van der Waals surface area contributed by atoms with Crippen molar-refractivity contribution in [3.63, 3.8) is 0 Å². The molecule has 0 radical (unpaired) electrons. The number of carbonyl (C=O) groups excluding carboxylic acids is 2. The highest BCUT2D eigenvalue weighted by molar-refractivity contribution is 6.31. The molecule has 0 saturated heterocycles. The van der Waals surface area contributed by atoms with Crippen molar-refractivity contribution in [2.45, 2.75) is 51.6 Å².